The van der Waals surface area contributed by atoms with Crippen molar-refractivity contribution < 1.29 is 37.1 Å². The maximum atomic E-state index is 14.3. The smallest absolute Gasteiger partial charge is 0.221 e. The van der Waals surface area contributed by atoms with Crippen LogP contribution in [-0.2, 0) is 10.3 Å². The van der Waals surface area contributed by atoms with Crippen LogP contribution in [0.4, 0.5) is 13.2 Å². The number of amides is 1. The molecular formula is C33H38F3N3O5. The maximum absolute atomic E-state index is 14.3. The number of methoxy groups -OCH3 is 1. The summed E-state index contributed by atoms with van der Waals surface area (Å²) in [6.45, 7) is 6.46. The summed E-state index contributed by atoms with van der Waals surface area (Å²) in [5.41, 5.74) is -1.61. The van der Waals surface area contributed by atoms with Gasteiger partial charge < -0.3 is 19.7 Å². The average molecular weight is 614 g/mol. The van der Waals surface area contributed by atoms with Crippen molar-refractivity contribution in [3.05, 3.63) is 71.2 Å². The first-order valence-corrected chi connectivity index (χ1v) is 14.8. The average Bonchev–Trinajstić information content (AvgIpc) is 3.41. The fraction of sp³-hybridized carbons (Fsp3) is 0.485. The molecule has 2 fully saturated rings. The molecule has 2 N–H and O–H groups in total. The minimum absolute atomic E-state index is 0.00128. The number of nitrogens with zero attached hydrogens (tertiary/aromatic N) is 2. The molecule has 0 bridgehead atoms. The number of hydrogen-bond donors (Lipinski definition) is 2. The highest BCUT2D eigenvalue weighted by atomic mass is 19.1. The third-order valence-electron chi connectivity index (χ3n) is 9.01. The zero-order valence-electron chi connectivity index (χ0n) is 25.4. The van der Waals surface area contributed by atoms with Crippen molar-refractivity contribution in [2.24, 2.45) is 5.41 Å². The normalized spacial score (nSPS) is 21.9. The first-order chi connectivity index (χ1) is 20.7. The summed E-state index contributed by atoms with van der Waals surface area (Å²) >= 11 is 0. The zero-order chi connectivity index (χ0) is 31.9. The standard InChI is InChI=1S/C33H38F3N3O5/c1-31(2,20-5-8-24(35)29(13-20)43-4)37-30(41)17-33(18-39(19-33)22-9-11-32(3,42)12-10-22)16-27(40)26-15-28(44-38-26)23-7-6-21(34)14-25(23)36/h5-8,13-15,22,42H,9-12,16-19H2,1-4H3,(H,37,41). The van der Waals surface area contributed by atoms with Gasteiger partial charge in [-0.05, 0) is 76.3 Å². The highest BCUT2D eigenvalue weighted by Crippen LogP contribution is 2.43. The van der Waals surface area contributed by atoms with Crippen LogP contribution in [0.2, 0.25) is 0 Å². The van der Waals surface area contributed by atoms with Crippen molar-refractivity contribution in [1.29, 1.82) is 0 Å². The lowest BCUT2D eigenvalue weighted by molar-refractivity contribution is -0.131. The SMILES string of the molecule is COc1cc(C(C)(C)NC(=O)CC2(CC(=O)c3cc(-c4ccc(F)cc4F)on3)CN(C3CCC(C)(O)CC3)C2)ccc1F. The number of Topliss-reactive ketones (excluding diaryl/α,β-unsaturated/α-hetero) is 1. The van der Waals surface area contributed by atoms with E-state index in [1.807, 2.05) is 20.8 Å². The van der Waals surface area contributed by atoms with Crippen molar-refractivity contribution in [3.8, 4) is 17.1 Å². The summed E-state index contributed by atoms with van der Waals surface area (Å²) in [7, 11) is 1.37. The van der Waals surface area contributed by atoms with Crippen molar-refractivity contribution >= 4 is 11.7 Å². The first-order valence-electron chi connectivity index (χ1n) is 14.8. The first kappa shape index (κ1) is 31.7. The van der Waals surface area contributed by atoms with Gasteiger partial charge in [0.15, 0.2) is 23.1 Å². The zero-order valence-corrected chi connectivity index (χ0v) is 25.4. The molecule has 8 nitrogen and oxygen atoms in total. The highest BCUT2D eigenvalue weighted by molar-refractivity contribution is 5.96. The molecule has 0 radical (unpaired) electrons. The lowest BCUT2D eigenvalue weighted by Gasteiger charge is -2.54. The third-order valence-corrected chi connectivity index (χ3v) is 9.01. The minimum atomic E-state index is -0.859. The Hall–Kier alpha value is -3.70. The van der Waals surface area contributed by atoms with E-state index in [-0.39, 0.29) is 53.3 Å². The second kappa shape index (κ2) is 12.0. The highest BCUT2D eigenvalue weighted by Gasteiger charge is 2.49. The van der Waals surface area contributed by atoms with Crippen LogP contribution in [0.1, 0.15) is 75.3 Å². The topological polar surface area (TPSA) is 105 Å². The number of hydrogen-bond acceptors (Lipinski definition) is 7. The molecular weight excluding hydrogens is 575 g/mol. The van der Waals surface area contributed by atoms with E-state index in [4.69, 9.17) is 9.26 Å². The molecule has 0 atom stereocenters. The Labute approximate surface area is 254 Å². The molecule has 5 rings (SSSR count). The third kappa shape index (κ3) is 6.83. The quantitative estimate of drug-likeness (QED) is 0.280. The largest absolute Gasteiger partial charge is 0.494 e. The van der Waals surface area contributed by atoms with Crippen LogP contribution in [-0.4, -0.2) is 58.7 Å². The van der Waals surface area contributed by atoms with Crippen LogP contribution in [0.5, 0.6) is 5.75 Å². The van der Waals surface area contributed by atoms with Crippen LogP contribution in [0, 0.1) is 22.9 Å². The van der Waals surface area contributed by atoms with Crippen LogP contribution >= 0.6 is 0 Å². The predicted octanol–water partition coefficient (Wildman–Crippen LogP) is 5.78. The van der Waals surface area contributed by atoms with Gasteiger partial charge in [0.25, 0.3) is 0 Å². The van der Waals surface area contributed by atoms with E-state index < -0.39 is 34.0 Å². The summed E-state index contributed by atoms with van der Waals surface area (Å²) in [6.07, 6.45) is 3.05. The van der Waals surface area contributed by atoms with Gasteiger partial charge >= 0.3 is 0 Å². The Bertz CT molecular complexity index is 1540. The van der Waals surface area contributed by atoms with Gasteiger partial charge in [-0.3, -0.25) is 14.5 Å². The van der Waals surface area contributed by atoms with Gasteiger partial charge in [0, 0.05) is 49.5 Å². The molecule has 1 aromatic heterocycles. The number of likely N-dealkylation sites (tertiary alicyclic amines) is 1. The Morgan fingerprint density at radius 3 is 2.43 bits per heavy atom. The molecule has 2 aliphatic rings. The van der Waals surface area contributed by atoms with Gasteiger partial charge in [-0.1, -0.05) is 11.2 Å². The van der Waals surface area contributed by atoms with Gasteiger partial charge in [0.1, 0.15) is 17.3 Å². The second-order valence-electron chi connectivity index (χ2n) is 13.1. The molecule has 3 aromatic rings. The molecule has 1 saturated heterocycles. The molecule has 1 aliphatic carbocycles. The number of ketones is 1. The summed E-state index contributed by atoms with van der Waals surface area (Å²) in [6, 6.07) is 9.03. The molecule has 1 amide bonds. The van der Waals surface area contributed by atoms with Crippen molar-refractivity contribution in [2.45, 2.75) is 76.5 Å². The summed E-state index contributed by atoms with van der Waals surface area (Å²) in [4.78, 5) is 29.3. The summed E-state index contributed by atoms with van der Waals surface area (Å²) in [5, 5.41) is 17.3. The molecule has 1 aliphatic heterocycles. The Kier molecular flexibility index (Phi) is 8.65. The van der Waals surface area contributed by atoms with E-state index in [1.54, 1.807) is 12.1 Å². The van der Waals surface area contributed by atoms with Gasteiger partial charge in [-0.2, -0.15) is 0 Å². The molecule has 44 heavy (non-hydrogen) atoms. The van der Waals surface area contributed by atoms with E-state index in [0.29, 0.717) is 31.5 Å². The minimum Gasteiger partial charge on any atom is -0.494 e. The lowest BCUT2D eigenvalue weighted by atomic mass is 9.70. The molecule has 0 unspecified atom stereocenters. The fourth-order valence-corrected chi connectivity index (χ4v) is 6.46. The van der Waals surface area contributed by atoms with E-state index in [9.17, 15) is 27.9 Å². The van der Waals surface area contributed by atoms with E-state index >= 15 is 0 Å². The Morgan fingerprint density at radius 2 is 1.77 bits per heavy atom. The number of halogens is 3. The number of rotatable bonds is 10. The molecule has 236 valence electrons. The van der Waals surface area contributed by atoms with Gasteiger partial charge in [0.05, 0.1) is 23.8 Å². The van der Waals surface area contributed by atoms with Crippen LogP contribution < -0.4 is 10.1 Å². The molecule has 1 saturated carbocycles. The maximum Gasteiger partial charge on any atom is 0.221 e. The van der Waals surface area contributed by atoms with Crippen molar-refractivity contribution in [1.82, 2.24) is 15.4 Å². The van der Waals surface area contributed by atoms with Crippen LogP contribution in [0.15, 0.2) is 47.0 Å². The number of aromatic nitrogens is 1. The summed E-state index contributed by atoms with van der Waals surface area (Å²) < 4.78 is 52.0. The summed E-state index contributed by atoms with van der Waals surface area (Å²) in [5.74, 6) is -2.64. The number of aliphatic hydroxyl groups is 1. The number of nitrogens with one attached hydrogen (secondary N) is 1. The molecule has 0 spiro atoms. The number of benzene rings is 2. The van der Waals surface area contributed by atoms with E-state index in [2.05, 4.69) is 15.4 Å². The Balaban J connectivity index is 1.32. The number of ether oxygens (including phenoxy) is 1. The van der Waals surface area contributed by atoms with Crippen LogP contribution in [0.3, 0.4) is 0 Å². The van der Waals surface area contributed by atoms with Gasteiger partial charge in [0.2, 0.25) is 5.91 Å². The Morgan fingerprint density at radius 1 is 1.07 bits per heavy atom. The fourth-order valence-electron chi connectivity index (χ4n) is 6.46. The lowest BCUT2D eigenvalue weighted by Crippen LogP contribution is -2.63. The molecule has 2 heterocycles. The van der Waals surface area contributed by atoms with Gasteiger partial charge in [-0.15, -0.1) is 0 Å². The molecule has 11 heteroatoms. The molecule has 2 aromatic carbocycles. The van der Waals surface area contributed by atoms with Gasteiger partial charge in [-0.25, -0.2) is 13.2 Å². The van der Waals surface area contributed by atoms with E-state index in [1.165, 1.54) is 25.3 Å². The number of carbonyl (C=O) groups is 2. The van der Waals surface area contributed by atoms with E-state index in [0.717, 1.165) is 25.0 Å². The second-order valence-corrected chi connectivity index (χ2v) is 13.1. The van der Waals surface area contributed by atoms with Crippen molar-refractivity contribution in [3.63, 3.8) is 0 Å². The van der Waals surface area contributed by atoms with Crippen LogP contribution in [0.25, 0.3) is 11.3 Å². The van der Waals surface area contributed by atoms with Crippen molar-refractivity contribution in [2.75, 3.05) is 20.2 Å². The predicted molar refractivity (Wildman–Crippen MR) is 156 cm³/mol. The monoisotopic (exact) mass is 613 g/mol. The number of carbonyl (C=O) groups excluding carboxylic acids is 2.